The summed E-state index contributed by atoms with van der Waals surface area (Å²) in [6.45, 7) is 4.17. The second kappa shape index (κ2) is 8.49. The lowest BCUT2D eigenvalue weighted by molar-refractivity contribution is -0.119. The number of carbonyl (C=O) groups is 1. The van der Waals surface area contributed by atoms with E-state index in [1.165, 1.54) is 11.8 Å². The van der Waals surface area contributed by atoms with Crippen LogP contribution in [0.3, 0.4) is 0 Å². The van der Waals surface area contributed by atoms with Gasteiger partial charge in [-0.2, -0.15) is 15.0 Å². The quantitative estimate of drug-likeness (QED) is 0.699. The van der Waals surface area contributed by atoms with Gasteiger partial charge in [0.15, 0.2) is 0 Å². The van der Waals surface area contributed by atoms with Gasteiger partial charge >= 0.3 is 0 Å². The van der Waals surface area contributed by atoms with Gasteiger partial charge in [-0.15, -0.1) is 11.8 Å². The Labute approximate surface area is 145 Å². The Balaban J connectivity index is 1.87. The van der Waals surface area contributed by atoms with Crippen LogP contribution in [0.2, 0.25) is 0 Å². The van der Waals surface area contributed by atoms with Gasteiger partial charge in [0.2, 0.25) is 17.8 Å². The zero-order chi connectivity index (χ0) is 17.5. The molecule has 0 aliphatic rings. The number of hydrogen-bond donors (Lipinski definition) is 3. The van der Waals surface area contributed by atoms with Crippen LogP contribution in [0.4, 0.5) is 11.9 Å². The van der Waals surface area contributed by atoms with Crippen LogP contribution in [-0.2, 0) is 10.5 Å². The summed E-state index contributed by atoms with van der Waals surface area (Å²) in [6.07, 6.45) is 0. The summed E-state index contributed by atoms with van der Waals surface area (Å²) in [5.74, 6) is 1.67. The fourth-order valence-electron chi connectivity index (χ4n) is 2.27. The summed E-state index contributed by atoms with van der Waals surface area (Å²) >= 11 is 1.40. The fraction of sp³-hybridized carbons (Fsp3) is 0.375. The zero-order valence-corrected chi connectivity index (χ0v) is 14.6. The molecule has 0 radical (unpaired) electrons. The van der Waals surface area contributed by atoms with Crippen molar-refractivity contribution in [1.29, 1.82) is 0 Å². The molecule has 1 atom stereocenters. The van der Waals surface area contributed by atoms with Gasteiger partial charge in [0.05, 0.1) is 17.5 Å². The number of nitrogens with one attached hydrogen (secondary N) is 1. The number of amides is 1. The van der Waals surface area contributed by atoms with Crippen LogP contribution in [0.5, 0.6) is 0 Å². The van der Waals surface area contributed by atoms with Gasteiger partial charge in [0.1, 0.15) is 5.82 Å². The van der Waals surface area contributed by atoms with E-state index in [9.17, 15) is 4.79 Å². The summed E-state index contributed by atoms with van der Waals surface area (Å²) in [5, 5.41) is 3.08. The third kappa shape index (κ3) is 5.38. The molecular formula is C16H22N6OS. The third-order valence-corrected chi connectivity index (χ3v) is 4.25. The van der Waals surface area contributed by atoms with E-state index >= 15 is 0 Å². The highest BCUT2D eigenvalue weighted by molar-refractivity contribution is 7.99. The van der Waals surface area contributed by atoms with Crippen LogP contribution < -0.4 is 16.8 Å². The lowest BCUT2D eigenvalue weighted by Crippen LogP contribution is -2.33. The van der Waals surface area contributed by atoms with Crippen molar-refractivity contribution >= 4 is 29.6 Å². The van der Waals surface area contributed by atoms with E-state index in [1.807, 2.05) is 30.3 Å². The molecule has 0 saturated heterocycles. The van der Waals surface area contributed by atoms with E-state index in [-0.39, 0.29) is 23.8 Å². The Morgan fingerprint density at radius 3 is 2.33 bits per heavy atom. The molecule has 24 heavy (non-hydrogen) atoms. The van der Waals surface area contributed by atoms with Gasteiger partial charge in [-0.3, -0.25) is 4.79 Å². The molecule has 0 spiro atoms. The number of nitrogens with two attached hydrogens (primary N) is 2. The highest BCUT2D eigenvalue weighted by Gasteiger charge is 2.18. The molecule has 1 amide bonds. The standard InChI is InChI=1S/C16H22N6OS/c1-10(2)14(11-6-4-3-5-7-11)21-13(23)9-24-8-12-19-15(17)22-16(18)20-12/h3-7,10,14H,8-9H2,1-2H3,(H,21,23)(H4,17,18,19,20,22). The SMILES string of the molecule is CC(C)C(NC(=O)CSCc1nc(N)nc(N)n1)c1ccccc1. The topological polar surface area (TPSA) is 120 Å². The summed E-state index contributed by atoms with van der Waals surface area (Å²) < 4.78 is 0. The van der Waals surface area contributed by atoms with Gasteiger partial charge in [-0.1, -0.05) is 44.2 Å². The number of thioether (sulfide) groups is 1. The van der Waals surface area contributed by atoms with Crippen molar-refractivity contribution in [1.82, 2.24) is 20.3 Å². The molecule has 2 aromatic rings. The first-order valence-electron chi connectivity index (χ1n) is 7.63. The molecule has 1 heterocycles. The normalized spacial score (nSPS) is 12.1. The summed E-state index contributed by atoms with van der Waals surface area (Å²) in [7, 11) is 0. The molecule has 0 saturated carbocycles. The first kappa shape index (κ1) is 18.0. The van der Waals surface area contributed by atoms with Gasteiger partial charge in [-0.25, -0.2) is 0 Å². The molecule has 1 aromatic heterocycles. The van der Waals surface area contributed by atoms with Gasteiger partial charge in [-0.05, 0) is 11.5 Å². The maximum absolute atomic E-state index is 12.2. The molecule has 0 aliphatic carbocycles. The van der Waals surface area contributed by atoms with Crippen LogP contribution >= 0.6 is 11.8 Å². The molecule has 8 heteroatoms. The van der Waals surface area contributed by atoms with Crippen molar-refractivity contribution in [3.05, 3.63) is 41.7 Å². The van der Waals surface area contributed by atoms with E-state index in [1.54, 1.807) is 0 Å². The Kier molecular flexibility index (Phi) is 6.36. The molecule has 1 unspecified atom stereocenters. The lowest BCUT2D eigenvalue weighted by atomic mass is 9.96. The molecule has 0 fully saturated rings. The number of aromatic nitrogens is 3. The van der Waals surface area contributed by atoms with Crippen LogP contribution in [0.1, 0.15) is 31.3 Å². The van der Waals surface area contributed by atoms with Crippen LogP contribution in [-0.4, -0.2) is 26.6 Å². The van der Waals surface area contributed by atoms with Crippen molar-refractivity contribution < 1.29 is 4.79 Å². The summed E-state index contributed by atoms with van der Waals surface area (Å²) in [4.78, 5) is 23.9. The highest BCUT2D eigenvalue weighted by atomic mass is 32.2. The molecule has 0 bridgehead atoms. The Hall–Kier alpha value is -2.35. The minimum absolute atomic E-state index is 0.0113. The lowest BCUT2D eigenvalue weighted by Gasteiger charge is -2.22. The minimum atomic E-state index is -0.0300. The van der Waals surface area contributed by atoms with E-state index < -0.39 is 0 Å². The fourth-order valence-corrected chi connectivity index (χ4v) is 2.95. The first-order chi connectivity index (χ1) is 11.5. The number of nitrogen functional groups attached to an aromatic ring is 2. The number of benzene rings is 1. The van der Waals surface area contributed by atoms with Gasteiger partial charge < -0.3 is 16.8 Å². The van der Waals surface area contributed by atoms with E-state index in [2.05, 4.69) is 34.1 Å². The molecule has 2 rings (SSSR count). The van der Waals surface area contributed by atoms with Crippen molar-refractivity contribution in [2.75, 3.05) is 17.2 Å². The molecule has 128 valence electrons. The third-order valence-electron chi connectivity index (χ3n) is 3.32. The predicted octanol–water partition coefficient (Wildman–Crippen LogP) is 1.78. The maximum Gasteiger partial charge on any atom is 0.230 e. The van der Waals surface area contributed by atoms with E-state index in [0.29, 0.717) is 23.2 Å². The number of carbonyl (C=O) groups excluding carboxylic acids is 1. The average molecular weight is 346 g/mol. The second-order valence-electron chi connectivity index (χ2n) is 5.66. The molecule has 1 aromatic carbocycles. The molecular weight excluding hydrogens is 324 g/mol. The van der Waals surface area contributed by atoms with Crippen LogP contribution in [0.15, 0.2) is 30.3 Å². The molecule has 7 nitrogen and oxygen atoms in total. The summed E-state index contributed by atoms with van der Waals surface area (Å²) in [5.41, 5.74) is 12.1. The monoisotopic (exact) mass is 346 g/mol. The number of rotatable bonds is 7. The van der Waals surface area contributed by atoms with Crippen LogP contribution in [0, 0.1) is 5.92 Å². The smallest absolute Gasteiger partial charge is 0.230 e. The number of nitrogens with zero attached hydrogens (tertiary/aromatic N) is 3. The summed E-state index contributed by atoms with van der Waals surface area (Å²) in [6, 6.07) is 9.94. The Morgan fingerprint density at radius 2 is 1.75 bits per heavy atom. The highest BCUT2D eigenvalue weighted by Crippen LogP contribution is 2.21. The zero-order valence-electron chi connectivity index (χ0n) is 13.8. The van der Waals surface area contributed by atoms with E-state index in [0.717, 1.165) is 5.56 Å². The van der Waals surface area contributed by atoms with Crippen molar-refractivity contribution in [2.24, 2.45) is 5.92 Å². The molecule has 0 aliphatic heterocycles. The van der Waals surface area contributed by atoms with Crippen molar-refractivity contribution in [3.63, 3.8) is 0 Å². The van der Waals surface area contributed by atoms with E-state index in [4.69, 9.17) is 11.5 Å². The Morgan fingerprint density at radius 1 is 1.12 bits per heavy atom. The van der Waals surface area contributed by atoms with Crippen LogP contribution in [0.25, 0.3) is 0 Å². The van der Waals surface area contributed by atoms with Crippen molar-refractivity contribution in [2.45, 2.75) is 25.6 Å². The minimum Gasteiger partial charge on any atom is -0.368 e. The second-order valence-corrected chi connectivity index (χ2v) is 6.65. The van der Waals surface area contributed by atoms with Gasteiger partial charge in [0.25, 0.3) is 0 Å². The largest absolute Gasteiger partial charge is 0.368 e. The predicted molar refractivity (Wildman–Crippen MR) is 97.0 cm³/mol. The van der Waals surface area contributed by atoms with Crippen molar-refractivity contribution in [3.8, 4) is 0 Å². The molecule has 5 N–H and O–H groups in total. The first-order valence-corrected chi connectivity index (χ1v) is 8.79. The maximum atomic E-state index is 12.2. The number of hydrogen-bond acceptors (Lipinski definition) is 7. The average Bonchev–Trinajstić information content (AvgIpc) is 2.52. The Bertz CT molecular complexity index is 659. The number of anilines is 2. The van der Waals surface area contributed by atoms with Gasteiger partial charge in [0, 0.05) is 0 Å².